The summed E-state index contributed by atoms with van der Waals surface area (Å²) in [6.07, 6.45) is 3.32. The first-order chi connectivity index (χ1) is 9.45. The number of nitrogens with one attached hydrogen (secondary N) is 1. The van der Waals surface area contributed by atoms with Crippen LogP contribution in [0, 0.1) is 0 Å². The van der Waals surface area contributed by atoms with Crippen LogP contribution in [0.1, 0.15) is 32.3 Å². The predicted molar refractivity (Wildman–Crippen MR) is 86.2 cm³/mol. The lowest BCUT2D eigenvalue weighted by molar-refractivity contribution is 0.106. The van der Waals surface area contributed by atoms with Crippen molar-refractivity contribution in [2.45, 2.75) is 44.7 Å². The molecule has 1 fully saturated rings. The molecule has 20 heavy (non-hydrogen) atoms. The smallest absolute Gasteiger partial charge is 0.0453 e. The molecular weight excluding hydrogens is 293 g/mol. The summed E-state index contributed by atoms with van der Waals surface area (Å²) in [5.41, 5.74) is 4.05. The molecule has 1 heterocycles. The van der Waals surface area contributed by atoms with Gasteiger partial charge < -0.3 is 0 Å². The van der Waals surface area contributed by atoms with E-state index >= 15 is 0 Å². The molecular formula is C15H23Cl2N3. The Labute approximate surface area is 131 Å². The zero-order valence-electron chi connectivity index (χ0n) is 12.1. The largest absolute Gasteiger partial charge is 0.297 e. The Morgan fingerprint density at radius 2 is 1.95 bits per heavy atom. The average Bonchev–Trinajstić information content (AvgIpc) is 2.92. The Bertz CT molecular complexity index is 456. The molecule has 1 atom stereocenters. The van der Waals surface area contributed by atoms with Crippen molar-refractivity contribution in [3.8, 4) is 0 Å². The zero-order chi connectivity index (χ0) is 14.8. The highest BCUT2D eigenvalue weighted by Gasteiger charge is 2.36. The van der Waals surface area contributed by atoms with Gasteiger partial charge >= 0.3 is 0 Å². The lowest BCUT2D eigenvalue weighted by atomic mass is 9.88. The topological polar surface area (TPSA) is 41.3 Å². The van der Waals surface area contributed by atoms with Gasteiger partial charge in [0.05, 0.1) is 0 Å². The van der Waals surface area contributed by atoms with Crippen molar-refractivity contribution in [3.63, 3.8) is 0 Å². The standard InChI is InChI=1S/C15H23Cl2N3/c1-15(2,20-7-3-4-8-20)14(19-18)9-11-5-6-12(16)10-13(11)17/h5-6,10,14,19H,3-4,7-9,18H2,1-2H3. The van der Waals surface area contributed by atoms with Crippen molar-refractivity contribution in [3.05, 3.63) is 33.8 Å². The summed E-state index contributed by atoms with van der Waals surface area (Å²) < 4.78 is 0. The first kappa shape index (κ1) is 16.1. The van der Waals surface area contributed by atoms with Gasteiger partial charge in [0.25, 0.3) is 0 Å². The molecule has 0 amide bonds. The third-order valence-electron chi connectivity index (χ3n) is 4.41. The molecule has 2 rings (SSSR count). The maximum atomic E-state index is 6.27. The second kappa shape index (κ2) is 6.63. The van der Waals surface area contributed by atoms with Gasteiger partial charge in [0.15, 0.2) is 0 Å². The number of hydrogen-bond acceptors (Lipinski definition) is 3. The van der Waals surface area contributed by atoms with Gasteiger partial charge in [-0.3, -0.25) is 16.2 Å². The number of halogens is 2. The van der Waals surface area contributed by atoms with Crippen LogP contribution in [0.4, 0.5) is 0 Å². The highest BCUT2D eigenvalue weighted by atomic mass is 35.5. The van der Waals surface area contributed by atoms with Crippen molar-refractivity contribution in [2.24, 2.45) is 5.84 Å². The van der Waals surface area contributed by atoms with Crippen molar-refractivity contribution in [1.82, 2.24) is 10.3 Å². The van der Waals surface area contributed by atoms with Crippen LogP contribution in [0.25, 0.3) is 0 Å². The molecule has 0 aliphatic carbocycles. The van der Waals surface area contributed by atoms with E-state index in [1.54, 1.807) is 6.07 Å². The Hall–Kier alpha value is -0.320. The minimum absolute atomic E-state index is 0.00574. The Balaban J connectivity index is 2.15. The van der Waals surface area contributed by atoms with Crippen LogP contribution in [0.15, 0.2) is 18.2 Å². The summed E-state index contributed by atoms with van der Waals surface area (Å²) >= 11 is 12.2. The van der Waals surface area contributed by atoms with Crippen LogP contribution >= 0.6 is 23.2 Å². The highest BCUT2D eigenvalue weighted by Crippen LogP contribution is 2.28. The van der Waals surface area contributed by atoms with Gasteiger partial charge in [0.2, 0.25) is 0 Å². The van der Waals surface area contributed by atoms with Gasteiger partial charge in [-0.25, -0.2) is 0 Å². The van der Waals surface area contributed by atoms with Crippen LogP contribution in [0.5, 0.6) is 0 Å². The van der Waals surface area contributed by atoms with Gasteiger partial charge in [-0.1, -0.05) is 29.3 Å². The minimum Gasteiger partial charge on any atom is -0.297 e. The fourth-order valence-electron chi connectivity index (χ4n) is 2.93. The van der Waals surface area contributed by atoms with Crippen LogP contribution in [-0.4, -0.2) is 29.6 Å². The van der Waals surface area contributed by atoms with Crippen LogP contribution in [-0.2, 0) is 6.42 Å². The Morgan fingerprint density at radius 3 is 2.50 bits per heavy atom. The monoisotopic (exact) mass is 315 g/mol. The third-order valence-corrected chi connectivity index (χ3v) is 5.00. The first-order valence-corrected chi connectivity index (χ1v) is 7.86. The molecule has 0 spiro atoms. The molecule has 1 unspecified atom stereocenters. The van der Waals surface area contributed by atoms with Crippen molar-refractivity contribution < 1.29 is 0 Å². The normalized spacial score (nSPS) is 18.4. The number of benzene rings is 1. The number of nitrogens with zero attached hydrogens (tertiary/aromatic N) is 1. The highest BCUT2D eigenvalue weighted by molar-refractivity contribution is 6.35. The molecule has 0 bridgehead atoms. The number of likely N-dealkylation sites (tertiary alicyclic amines) is 1. The lowest BCUT2D eigenvalue weighted by Crippen LogP contribution is -2.59. The SMILES string of the molecule is CC(C)(C(Cc1ccc(Cl)cc1Cl)NN)N1CCCC1. The van der Waals surface area contributed by atoms with Crippen LogP contribution in [0.3, 0.4) is 0 Å². The number of hydrogen-bond donors (Lipinski definition) is 2. The molecule has 3 N–H and O–H groups in total. The molecule has 1 aliphatic heterocycles. The Kier molecular flexibility index (Phi) is 5.32. The van der Waals surface area contributed by atoms with Gasteiger partial charge in [0, 0.05) is 21.6 Å². The zero-order valence-corrected chi connectivity index (χ0v) is 13.6. The second-order valence-electron chi connectivity index (χ2n) is 6.01. The van der Waals surface area contributed by atoms with E-state index in [-0.39, 0.29) is 11.6 Å². The number of hydrazine groups is 1. The van der Waals surface area contributed by atoms with Crippen molar-refractivity contribution >= 4 is 23.2 Å². The first-order valence-electron chi connectivity index (χ1n) is 7.10. The lowest BCUT2D eigenvalue weighted by Gasteiger charge is -2.42. The summed E-state index contributed by atoms with van der Waals surface area (Å²) in [7, 11) is 0. The van der Waals surface area contributed by atoms with Gasteiger partial charge in [-0.05, 0) is 63.9 Å². The fourth-order valence-corrected chi connectivity index (χ4v) is 3.42. The van der Waals surface area contributed by atoms with Crippen LogP contribution in [0.2, 0.25) is 10.0 Å². The van der Waals surface area contributed by atoms with Crippen molar-refractivity contribution in [1.29, 1.82) is 0 Å². The number of nitrogens with two attached hydrogens (primary N) is 1. The maximum absolute atomic E-state index is 6.27. The molecule has 1 aromatic rings. The number of rotatable bonds is 5. The van der Waals surface area contributed by atoms with E-state index < -0.39 is 0 Å². The second-order valence-corrected chi connectivity index (χ2v) is 6.85. The van der Waals surface area contributed by atoms with E-state index in [0.29, 0.717) is 10.0 Å². The summed E-state index contributed by atoms with van der Waals surface area (Å²) in [6, 6.07) is 5.78. The molecule has 1 saturated heterocycles. The van der Waals surface area contributed by atoms with Crippen molar-refractivity contribution in [2.75, 3.05) is 13.1 Å². The summed E-state index contributed by atoms with van der Waals surface area (Å²) in [6.45, 7) is 6.76. The van der Waals surface area contributed by atoms with E-state index in [1.807, 2.05) is 12.1 Å². The van der Waals surface area contributed by atoms with Gasteiger partial charge in [-0.2, -0.15) is 0 Å². The van der Waals surface area contributed by atoms with E-state index in [1.165, 1.54) is 12.8 Å². The maximum Gasteiger partial charge on any atom is 0.0453 e. The molecule has 5 heteroatoms. The molecule has 0 aromatic heterocycles. The van der Waals surface area contributed by atoms with Crippen LogP contribution < -0.4 is 11.3 Å². The molecule has 1 aromatic carbocycles. The summed E-state index contributed by atoms with van der Waals surface area (Å²) in [4.78, 5) is 2.50. The molecule has 0 saturated carbocycles. The van der Waals surface area contributed by atoms with E-state index in [4.69, 9.17) is 29.0 Å². The van der Waals surface area contributed by atoms with Gasteiger partial charge in [-0.15, -0.1) is 0 Å². The summed E-state index contributed by atoms with van der Waals surface area (Å²) in [5, 5.41) is 1.37. The molecule has 1 aliphatic rings. The fraction of sp³-hybridized carbons (Fsp3) is 0.600. The minimum atomic E-state index is -0.00574. The molecule has 3 nitrogen and oxygen atoms in total. The quantitative estimate of drug-likeness (QED) is 0.647. The molecule has 0 radical (unpaired) electrons. The Morgan fingerprint density at radius 1 is 1.30 bits per heavy atom. The van der Waals surface area contributed by atoms with E-state index in [9.17, 15) is 0 Å². The molecule has 112 valence electrons. The van der Waals surface area contributed by atoms with E-state index in [2.05, 4.69) is 24.2 Å². The van der Waals surface area contributed by atoms with E-state index in [0.717, 1.165) is 25.1 Å². The van der Waals surface area contributed by atoms with Gasteiger partial charge in [0.1, 0.15) is 0 Å². The average molecular weight is 316 g/mol. The summed E-state index contributed by atoms with van der Waals surface area (Å²) in [5.74, 6) is 5.81. The third kappa shape index (κ3) is 3.46. The predicted octanol–water partition coefficient (Wildman–Crippen LogP) is 3.24.